The molecule has 2 unspecified atom stereocenters. The van der Waals surface area contributed by atoms with Crippen LogP contribution in [0.2, 0.25) is 0 Å². The Hall–Kier alpha value is -1.49. The largest absolute Gasteiger partial charge is 0.389 e. The number of benzene rings is 1. The molecule has 1 amide bonds. The first-order valence-electron chi connectivity index (χ1n) is 6.85. The Balaban J connectivity index is 1.97. The third kappa shape index (κ3) is 3.33. The average Bonchev–Trinajstić information content (AvgIpc) is 2.83. The van der Waals surface area contributed by atoms with Crippen molar-refractivity contribution in [3.05, 3.63) is 35.1 Å². The van der Waals surface area contributed by atoms with Gasteiger partial charge in [0.25, 0.3) is 0 Å². The summed E-state index contributed by atoms with van der Waals surface area (Å²) in [5, 5.41) is 2.82. The minimum atomic E-state index is -0.393. The molecule has 1 fully saturated rings. The number of nitrogens with one attached hydrogen (secondary N) is 1. The van der Waals surface area contributed by atoms with E-state index in [1.165, 1.54) is 6.07 Å². The number of hydrogen-bond acceptors (Lipinski definition) is 2. The van der Waals surface area contributed by atoms with Crippen LogP contribution < -0.4 is 11.1 Å². The SMILES string of the molecule is CC1CCCC1C(=O)NCc1ccc(C(N)=S)cc1F. The predicted octanol–water partition coefficient (Wildman–Crippen LogP) is 2.51. The van der Waals surface area contributed by atoms with Crippen LogP contribution in [-0.4, -0.2) is 10.9 Å². The van der Waals surface area contributed by atoms with Crippen LogP contribution in [0, 0.1) is 17.7 Å². The third-order valence-electron chi connectivity index (χ3n) is 3.99. The van der Waals surface area contributed by atoms with Gasteiger partial charge in [-0.1, -0.05) is 37.7 Å². The Bertz CT molecular complexity index is 533. The minimum Gasteiger partial charge on any atom is -0.389 e. The van der Waals surface area contributed by atoms with Crippen molar-refractivity contribution in [2.24, 2.45) is 17.6 Å². The summed E-state index contributed by atoms with van der Waals surface area (Å²) < 4.78 is 13.8. The Kier molecular flexibility index (Phi) is 4.70. The molecule has 2 rings (SSSR count). The van der Waals surface area contributed by atoms with Crippen molar-refractivity contribution in [2.45, 2.75) is 32.7 Å². The van der Waals surface area contributed by atoms with Gasteiger partial charge in [0.1, 0.15) is 10.8 Å². The quantitative estimate of drug-likeness (QED) is 0.839. The number of amides is 1. The van der Waals surface area contributed by atoms with Gasteiger partial charge in [-0.15, -0.1) is 0 Å². The molecule has 0 heterocycles. The fourth-order valence-electron chi connectivity index (χ4n) is 2.69. The Morgan fingerprint density at radius 2 is 2.25 bits per heavy atom. The van der Waals surface area contributed by atoms with Crippen LogP contribution in [0.1, 0.15) is 37.3 Å². The highest BCUT2D eigenvalue weighted by Gasteiger charge is 2.29. The molecule has 1 aromatic carbocycles. The molecule has 5 heteroatoms. The van der Waals surface area contributed by atoms with E-state index >= 15 is 0 Å². The first-order chi connectivity index (χ1) is 9.49. The summed E-state index contributed by atoms with van der Waals surface area (Å²) in [6, 6.07) is 4.59. The molecule has 1 aliphatic rings. The number of nitrogens with two attached hydrogens (primary N) is 1. The van der Waals surface area contributed by atoms with Gasteiger partial charge >= 0.3 is 0 Å². The summed E-state index contributed by atoms with van der Waals surface area (Å²) in [5.74, 6) is 0.105. The lowest BCUT2D eigenvalue weighted by atomic mass is 9.97. The first-order valence-corrected chi connectivity index (χ1v) is 7.26. The molecule has 0 radical (unpaired) electrons. The molecule has 1 aromatic rings. The lowest BCUT2D eigenvalue weighted by molar-refractivity contribution is -0.126. The van der Waals surface area contributed by atoms with Gasteiger partial charge in [0, 0.05) is 23.6 Å². The molecule has 1 aliphatic carbocycles. The van der Waals surface area contributed by atoms with Gasteiger partial charge in [-0.2, -0.15) is 0 Å². The molecule has 3 N–H and O–H groups in total. The van der Waals surface area contributed by atoms with Gasteiger partial charge in [-0.3, -0.25) is 4.79 Å². The number of hydrogen-bond donors (Lipinski definition) is 2. The Morgan fingerprint density at radius 1 is 1.50 bits per heavy atom. The zero-order valence-electron chi connectivity index (χ0n) is 11.5. The highest BCUT2D eigenvalue weighted by atomic mass is 32.1. The van der Waals surface area contributed by atoms with Gasteiger partial charge < -0.3 is 11.1 Å². The van der Waals surface area contributed by atoms with Crippen molar-refractivity contribution in [1.82, 2.24) is 5.32 Å². The number of carbonyl (C=O) groups excluding carboxylic acids is 1. The van der Waals surface area contributed by atoms with E-state index < -0.39 is 5.82 Å². The summed E-state index contributed by atoms with van der Waals surface area (Å²) in [4.78, 5) is 12.2. The van der Waals surface area contributed by atoms with E-state index in [2.05, 4.69) is 12.2 Å². The molecule has 0 aliphatic heterocycles. The van der Waals surface area contributed by atoms with Gasteiger partial charge in [0.2, 0.25) is 5.91 Å². The third-order valence-corrected chi connectivity index (χ3v) is 4.22. The fraction of sp³-hybridized carbons (Fsp3) is 0.467. The van der Waals surface area contributed by atoms with E-state index in [-0.39, 0.29) is 23.4 Å². The molecule has 0 aromatic heterocycles. The van der Waals surface area contributed by atoms with Crippen molar-refractivity contribution in [1.29, 1.82) is 0 Å². The second-order valence-corrected chi connectivity index (χ2v) is 5.84. The summed E-state index contributed by atoms with van der Waals surface area (Å²) >= 11 is 4.80. The van der Waals surface area contributed by atoms with Crippen molar-refractivity contribution < 1.29 is 9.18 Å². The molecular formula is C15H19FN2OS. The van der Waals surface area contributed by atoms with Crippen molar-refractivity contribution in [3.63, 3.8) is 0 Å². The topological polar surface area (TPSA) is 55.1 Å². The van der Waals surface area contributed by atoms with E-state index in [0.717, 1.165) is 19.3 Å². The first kappa shape index (κ1) is 14.9. The summed E-state index contributed by atoms with van der Waals surface area (Å²) in [5.41, 5.74) is 6.39. The van der Waals surface area contributed by atoms with Gasteiger partial charge in [-0.25, -0.2) is 4.39 Å². The van der Waals surface area contributed by atoms with Gasteiger partial charge in [-0.05, 0) is 24.8 Å². The number of halogens is 1. The van der Waals surface area contributed by atoms with Crippen LogP contribution in [-0.2, 0) is 11.3 Å². The van der Waals surface area contributed by atoms with Crippen LogP contribution in [0.15, 0.2) is 18.2 Å². The van der Waals surface area contributed by atoms with Crippen LogP contribution in [0.4, 0.5) is 4.39 Å². The van der Waals surface area contributed by atoms with Crippen LogP contribution in [0.3, 0.4) is 0 Å². The maximum absolute atomic E-state index is 13.8. The lowest BCUT2D eigenvalue weighted by Crippen LogP contribution is -2.31. The molecule has 1 saturated carbocycles. The van der Waals surface area contributed by atoms with Gasteiger partial charge in [0.15, 0.2) is 0 Å². The predicted molar refractivity (Wildman–Crippen MR) is 80.6 cm³/mol. The monoisotopic (exact) mass is 294 g/mol. The zero-order valence-corrected chi connectivity index (χ0v) is 12.3. The molecule has 0 spiro atoms. The number of carbonyl (C=O) groups is 1. The van der Waals surface area contributed by atoms with Crippen molar-refractivity contribution in [2.75, 3.05) is 0 Å². The van der Waals surface area contributed by atoms with E-state index in [4.69, 9.17) is 18.0 Å². The van der Waals surface area contributed by atoms with Gasteiger partial charge in [0.05, 0.1) is 0 Å². The van der Waals surface area contributed by atoms with Crippen molar-refractivity contribution in [3.8, 4) is 0 Å². The fourth-order valence-corrected chi connectivity index (χ4v) is 2.82. The second-order valence-electron chi connectivity index (χ2n) is 5.40. The molecule has 3 nitrogen and oxygen atoms in total. The molecule has 0 bridgehead atoms. The zero-order chi connectivity index (χ0) is 14.7. The lowest BCUT2D eigenvalue weighted by Gasteiger charge is -2.15. The highest BCUT2D eigenvalue weighted by molar-refractivity contribution is 7.80. The maximum Gasteiger partial charge on any atom is 0.223 e. The number of thiocarbonyl (C=S) groups is 1. The van der Waals surface area contributed by atoms with E-state index in [0.29, 0.717) is 17.0 Å². The van der Waals surface area contributed by atoms with E-state index in [1.54, 1.807) is 12.1 Å². The Morgan fingerprint density at radius 3 is 2.80 bits per heavy atom. The normalized spacial score (nSPS) is 21.7. The smallest absolute Gasteiger partial charge is 0.223 e. The molecule has 108 valence electrons. The molecule has 0 saturated heterocycles. The summed E-state index contributed by atoms with van der Waals surface area (Å²) in [7, 11) is 0. The van der Waals surface area contributed by atoms with Crippen LogP contribution >= 0.6 is 12.2 Å². The van der Waals surface area contributed by atoms with E-state index in [1.807, 2.05) is 0 Å². The Labute approximate surface area is 123 Å². The molecular weight excluding hydrogens is 275 g/mol. The van der Waals surface area contributed by atoms with E-state index in [9.17, 15) is 9.18 Å². The molecule has 2 atom stereocenters. The highest BCUT2D eigenvalue weighted by Crippen LogP contribution is 2.31. The molecule has 20 heavy (non-hydrogen) atoms. The standard InChI is InChI=1S/C15H19FN2OS/c1-9-3-2-4-12(9)15(19)18-8-11-6-5-10(14(17)20)7-13(11)16/h5-7,9,12H,2-4,8H2,1H3,(H2,17,20)(H,18,19). The van der Waals surface area contributed by atoms with Crippen LogP contribution in [0.25, 0.3) is 0 Å². The summed E-state index contributed by atoms with van der Waals surface area (Å²) in [6.45, 7) is 2.29. The van der Waals surface area contributed by atoms with Crippen molar-refractivity contribution >= 4 is 23.1 Å². The number of rotatable bonds is 4. The summed E-state index contributed by atoms with van der Waals surface area (Å²) in [6.07, 6.45) is 3.11. The van der Waals surface area contributed by atoms with Crippen LogP contribution in [0.5, 0.6) is 0 Å². The second kappa shape index (κ2) is 6.31. The average molecular weight is 294 g/mol. The maximum atomic E-state index is 13.8. The minimum absolute atomic E-state index is 0.0211.